The van der Waals surface area contributed by atoms with Crippen LogP contribution in [-0.4, -0.2) is 29.1 Å². The summed E-state index contributed by atoms with van der Waals surface area (Å²) in [5.41, 5.74) is 1.03. The summed E-state index contributed by atoms with van der Waals surface area (Å²) in [6, 6.07) is 8.84. The predicted octanol–water partition coefficient (Wildman–Crippen LogP) is 3.75. The average molecular weight is 324 g/mol. The molecule has 1 aromatic carbocycles. The van der Waals surface area contributed by atoms with Crippen molar-refractivity contribution in [2.45, 2.75) is 44.2 Å². The molecule has 2 saturated carbocycles. The summed E-state index contributed by atoms with van der Waals surface area (Å²) in [6.45, 7) is 2.30. The molecule has 0 radical (unpaired) electrons. The van der Waals surface area contributed by atoms with Gasteiger partial charge in [0.1, 0.15) is 0 Å². The molecule has 0 bridgehead atoms. The monoisotopic (exact) mass is 323 g/mol. The van der Waals surface area contributed by atoms with Crippen LogP contribution < -0.4 is 0 Å². The standard InChI is InChI=1S/C16H22BrNO/c17-14-5-3-13(4-6-14)16(19)9-10-18(15-7-8-15)11-12-1-2-12/h3-6,12,15-16,19H,1-2,7-11H2. The van der Waals surface area contributed by atoms with Crippen LogP contribution >= 0.6 is 15.9 Å². The maximum Gasteiger partial charge on any atom is 0.0802 e. The second-order valence-electron chi connectivity index (χ2n) is 6.03. The molecule has 2 aliphatic carbocycles. The van der Waals surface area contributed by atoms with Gasteiger partial charge in [0, 0.05) is 23.6 Å². The molecule has 1 unspecified atom stereocenters. The smallest absolute Gasteiger partial charge is 0.0802 e. The van der Waals surface area contributed by atoms with E-state index in [1.54, 1.807) is 0 Å². The molecule has 19 heavy (non-hydrogen) atoms. The molecule has 0 aliphatic heterocycles. The van der Waals surface area contributed by atoms with Crippen molar-refractivity contribution in [3.05, 3.63) is 34.3 Å². The van der Waals surface area contributed by atoms with E-state index in [0.717, 1.165) is 35.0 Å². The summed E-state index contributed by atoms with van der Waals surface area (Å²) in [7, 11) is 0. The lowest BCUT2D eigenvalue weighted by Gasteiger charge is -2.23. The number of hydrogen-bond acceptors (Lipinski definition) is 2. The molecule has 0 spiro atoms. The summed E-state index contributed by atoms with van der Waals surface area (Å²) in [6.07, 6.45) is 6.08. The molecule has 1 N–H and O–H groups in total. The van der Waals surface area contributed by atoms with Crippen molar-refractivity contribution in [2.75, 3.05) is 13.1 Å². The van der Waals surface area contributed by atoms with Gasteiger partial charge < -0.3 is 10.0 Å². The highest BCUT2D eigenvalue weighted by atomic mass is 79.9. The number of aliphatic hydroxyl groups excluding tert-OH is 1. The normalized spacial score (nSPS) is 20.8. The lowest BCUT2D eigenvalue weighted by molar-refractivity contribution is 0.137. The van der Waals surface area contributed by atoms with E-state index in [0.29, 0.717) is 0 Å². The van der Waals surface area contributed by atoms with Crippen LogP contribution in [0.25, 0.3) is 0 Å². The van der Waals surface area contributed by atoms with Crippen LogP contribution in [0.2, 0.25) is 0 Å². The molecular formula is C16H22BrNO. The number of nitrogens with zero attached hydrogens (tertiary/aromatic N) is 1. The van der Waals surface area contributed by atoms with E-state index in [1.807, 2.05) is 24.3 Å². The number of hydrogen-bond donors (Lipinski definition) is 1. The number of rotatable bonds is 7. The molecule has 1 aromatic rings. The van der Waals surface area contributed by atoms with Crippen molar-refractivity contribution in [2.24, 2.45) is 5.92 Å². The molecule has 0 amide bonds. The van der Waals surface area contributed by atoms with E-state index < -0.39 is 0 Å². The molecule has 0 heterocycles. The molecule has 0 aromatic heterocycles. The van der Waals surface area contributed by atoms with E-state index in [9.17, 15) is 5.11 Å². The highest BCUT2D eigenvalue weighted by Gasteiger charge is 2.33. The highest BCUT2D eigenvalue weighted by Crippen LogP contribution is 2.35. The first-order valence-electron chi connectivity index (χ1n) is 7.40. The Bertz CT molecular complexity index is 411. The maximum atomic E-state index is 10.3. The van der Waals surface area contributed by atoms with Gasteiger partial charge in [-0.05, 0) is 55.7 Å². The van der Waals surface area contributed by atoms with E-state index in [2.05, 4.69) is 20.8 Å². The first-order valence-corrected chi connectivity index (χ1v) is 8.19. The van der Waals surface area contributed by atoms with Crippen molar-refractivity contribution < 1.29 is 5.11 Å². The van der Waals surface area contributed by atoms with Crippen LogP contribution in [0.4, 0.5) is 0 Å². The molecule has 1 atom stereocenters. The zero-order valence-corrected chi connectivity index (χ0v) is 12.8. The van der Waals surface area contributed by atoms with E-state index >= 15 is 0 Å². The number of halogens is 1. The van der Waals surface area contributed by atoms with Crippen molar-refractivity contribution >= 4 is 15.9 Å². The van der Waals surface area contributed by atoms with Crippen molar-refractivity contribution in [1.29, 1.82) is 0 Å². The van der Waals surface area contributed by atoms with Gasteiger partial charge in [-0.3, -0.25) is 0 Å². The Hall–Kier alpha value is -0.380. The summed E-state index contributed by atoms with van der Waals surface area (Å²) < 4.78 is 1.07. The van der Waals surface area contributed by atoms with Gasteiger partial charge >= 0.3 is 0 Å². The van der Waals surface area contributed by atoms with Crippen LogP contribution in [0.1, 0.15) is 43.8 Å². The second kappa shape index (κ2) is 5.94. The first kappa shape index (κ1) is 13.6. The van der Waals surface area contributed by atoms with Crippen molar-refractivity contribution in [3.63, 3.8) is 0 Å². The second-order valence-corrected chi connectivity index (χ2v) is 6.94. The quantitative estimate of drug-likeness (QED) is 0.826. The zero-order chi connectivity index (χ0) is 13.2. The number of aliphatic hydroxyl groups is 1. The van der Waals surface area contributed by atoms with Gasteiger partial charge in [0.05, 0.1) is 6.10 Å². The molecule has 3 rings (SSSR count). The maximum absolute atomic E-state index is 10.3. The van der Waals surface area contributed by atoms with Crippen LogP contribution in [-0.2, 0) is 0 Å². The highest BCUT2D eigenvalue weighted by molar-refractivity contribution is 9.10. The van der Waals surface area contributed by atoms with Gasteiger partial charge in [0.25, 0.3) is 0 Å². The Balaban J connectivity index is 1.50. The Morgan fingerprint density at radius 3 is 2.42 bits per heavy atom. The fourth-order valence-electron chi connectivity index (χ4n) is 2.63. The average Bonchev–Trinajstić information content (AvgIpc) is 3.27. The Morgan fingerprint density at radius 1 is 1.16 bits per heavy atom. The van der Waals surface area contributed by atoms with E-state index in [-0.39, 0.29) is 6.10 Å². The summed E-state index contributed by atoms with van der Waals surface area (Å²) in [5, 5.41) is 10.3. The molecular weight excluding hydrogens is 302 g/mol. The van der Waals surface area contributed by atoms with Crippen molar-refractivity contribution in [1.82, 2.24) is 4.90 Å². The minimum absolute atomic E-state index is 0.325. The summed E-state index contributed by atoms with van der Waals surface area (Å²) in [5.74, 6) is 0.949. The van der Waals surface area contributed by atoms with Gasteiger partial charge in [-0.2, -0.15) is 0 Å². The minimum atomic E-state index is -0.325. The lowest BCUT2D eigenvalue weighted by Crippen LogP contribution is -2.30. The largest absolute Gasteiger partial charge is 0.388 e. The molecule has 0 saturated heterocycles. The van der Waals surface area contributed by atoms with E-state index in [4.69, 9.17) is 0 Å². The third-order valence-electron chi connectivity index (χ3n) is 4.20. The third kappa shape index (κ3) is 4.04. The topological polar surface area (TPSA) is 23.5 Å². The van der Waals surface area contributed by atoms with E-state index in [1.165, 1.54) is 32.2 Å². The molecule has 2 nitrogen and oxygen atoms in total. The predicted molar refractivity (Wildman–Crippen MR) is 81.0 cm³/mol. The van der Waals surface area contributed by atoms with Crippen LogP contribution in [0.5, 0.6) is 0 Å². The first-order chi connectivity index (χ1) is 9.22. The van der Waals surface area contributed by atoms with Gasteiger partial charge in [0.2, 0.25) is 0 Å². The fourth-order valence-corrected chi connectivity index (χ4v) is 2.90. The van der Waals surface area contributed by atoms with Crippen molar-refractivity contribution in [3.8, 4) is 0 Å². The summed E-state index contributed by atoms with van der Waals surface area (Å²) in [4.78, 5) is 2.61. The Kier molecular flexibility index (Phi) is 4.25. The van der Waals surface area contributed by atoms with Gasteiger partial charge in [-0.15, -0.1) is 0 Å². The third-order valence-corrected chi connectivity index (χ3v) is 4.73. The zero-order valence-electron chi connectivity index (χ0n) is 11.3. The lowest BCUT2D eigenvalue weighted by atomic mass is 10.1. The Morgan fingerprint density at radius 2 is 1.84 bits per heavy atom. The fraction of sp³-hybridized carbons (Fsp3) is 0.625. The van der Waals surface area contributed by atoms with Gasteiger partial charge in [-0.1, -0.05) is 28.1 Å². The molecule has 2 aliphatic rings. The SMILES string of the molecule is OC(CCN(CC1CC1)C1CC1)c1ccc(Br)cc1. The van der Waals surface area contributed by atoms with Gasteiger partial charge in [0.15, 0.2) is 0 Å². The molecule has 3 heteroatoms. The minimum Gasteiger partial charge on any atom is -0.388 e. The summed E-state index contributed by atoms with van der Waals surface area (Å²) >= 11 is 3.43. The van der Waals surface area contributed by atoms with Crippen LogP contribution in [0.3, 0.4) is 0 Å². The van der Waals surface area contributed by atoms with Crippen LogP contribution in [0.15, 0.2) is 28.7 Å². The molecule has 104 valence electrons. The van der Waals surface area contributed by atoms with Gasteiger partial charge in [-0.25, -0.2) is 0 Å². The number of benzene rings is 1. The Labute approximate surface area is 123 Å². The van der Waals surface area contributed by atoms with Crippen LogP contribution in [0, 0.1) is 5.92 Å². The molecule has 2 fully saturated rings.